The van der Waals surface area contributed by atoms with Crippen molar-refractivity contribution in [1.29, 1.82) is 0 Å². The van der Waals surface area contributed by atoms with Crippen molar-refractivity contribution in [2.24, 2.45) is 0 Å². The molecule has 54 valence electrons. The van der Waals surface area contributed by atoms with Gasteiger partial charge in [-0.3, -0.25) is 4.79 Å². The predicted octanol–water partition coefficient (Wildman–Crippen LogP) is 2.59. The second-order valence-electron chi connectivity index (χ2n) is 1.94. The van der Waals surface area contributed by atoms with E-state index in [0.29, 0.717) is 0 Å². The number of rotatable bonds is 2. The Hall–Kier alpha value is -0.280. The summed E-state index contributed by atoms with van der Waals surface area (Å²) in [5, 5.41) is 2.01. The van der Waals surface area contributed by atoms with Crippen LogP contribution in [0.1, 0.15) is 15.9 Å². The van der Waals surface area contributed by atoms with Gasteiger partial charge in [0, 0.05) is 5.56 Å². The van der Waals surface area contributed by atoms with E-state index in [-0.39, 0.29) is 0 Å². The summed E-state index contributed by atoms with van der Waals surface area (Å²) < 4.78 is 1.12. The zero-order valence-corrected chi connectivity index (χ0v) is 7.51. The van der Waals surface area contributed by atoms with Crippen LogP contribution in [0, 0.1) is 6.92 Å². The molecular weight excluding hydrogens is 164 g/mol. The van der Waals surface area contributed by atoms with Gasteiger partial charge in [0.1, 0.15) is 0 Å². The van der Waals surface area contributed by atoms with Crippen molar-refractivity contribution in [3.8, 4) is 0 Å². The molecule has 1 aromatic rings. The average Bonchev–Trinajstić information content (AvgIpc) is 2.30. The SMILES string of the molecule is CSc1scc(C)c1C=O. The Morgan fingerprint density at radius 2 is 2.40 bits per heavy atom. The van der Waals surface area contributed by atoms with Gasteiger partial charge in [0.25, 0.3) is 0 Å². The highest BCUT2D eigenvalue weighted by Gasteiger charge is 2.04. The van der Waals surface area contributed by atoms with Crippen molar-refractivity contribution in [3.05, 3.63) is 16.5 Å². The van der Waals surface area contributed by atoms with Gasteiger partial charge in [-0.2, -0.15) is 0 Å². The van der Waals surface area contributed by atoms with E-state index in [1.54, 1.807) is 23.1 Å². The fourth-order valence-electron chi connectivity index (χ4n) is 0.729. The summed E-state index contributed by atoms with van der Waals surface area (Å²) >= 11 is 3.26. The normalized spacial score (nSPS) is 9.80. The highest BCUT2D eigenvalue weighted by atomic mass is 32.2. The molecular formula is C7H8OS2. The molecule has 1 rings (SSSR count). The van der Waals surface area contributed by atoms with Crippen molar-refractivity contribution < 1.29 is 4.79 Å². The van der Waals surface area contributed by atoms with Crippen molar-refractivity contribution in [2.75, 3.05) is 6.26 Å². The lowest BCUT2D eigenvalue weighted by Gasteiger charge is -1.90. The third-order valence-electron chi connectivity index (χ3n) is 1.29. The van der Waals surface area contributed by atoms with E-state index in [1.807, 2.05) is 18.6 Å². The van der Waals surface area contributed by atoms with Crippen molar-refractivity contribution in [3.63, 3.8) is 0 Å². The van der Waals surface area contributed by atoms with E-state index in [9.17, 15) is 4.79 Å². The van der Waals surface area contributed by atoms with Crippen molar-refractivity contribution in [2.45, 2.75) is 11.1 Å². The number of aldehydes is 1. The quantitative estimate of drug-likeness (QED) is 0.504. The molecule has 0 aliphatic rings. The van der Waals surface area contributed by atoms with Crippen LogP contribution in [0.25, 0.3) is 0 Å². The molecule has 0 aliphatic carbocycles. The lowest BCUT2D eigenvalue weighted by Crippen LogP contribution is -1.79. The van der Waals surface area contributed by atoms with Gasteiger partial charge in [-0.1, -0.05) is 0 Å². The number of hydrogen-bond acceptors (Lipinski definition) is 3. The number of hydrogen-bond donors (Lipinski definition) is 0. The van der Waals surface area contributed by atoms with E-state index in [2.05, 4.69) is 0 Å². The standard InChI is InChI=1S/C7H8OS2/c1-5-4-10-7(9-2)6(5)3-8/h3-4H,1-2H3. The average molecular weight is 172 g/mol. The molecule has 0 aliphatic heterocycles. The molecule has 0 unspecified atom stereocenters. The maximum absolute atomic E-state index is 10.5. The summed E-state index contributed by atoms with van der Waals surface area (Å²) in [5.41, 5.74) is 1.95. The molecule has 3 heteroatoms. The van der Waals surface area contributed by atoms with E-state index in [1.165, 1.54) is 0 Å². The second-order valence-corrected chi connectivity index (χ2v) is 3.90. The number of carbonyl (C=O) groups is 1. The predicted molar refractivity (Wildman–Crippen MR) is 46.2 cm³/mol. The number of carbonyl (C=O) groups excluding carboxylic acids is 1. The number of thioether (sulfide) groups is 1. The van der Waals surface area contributed by atoms with Crippen LogP contribution in [0.5, 0.6) is 0 Å². The minimum atomic E-state index is 0.859. The first kappa shape index (κ1) is 7.82. The second kappa shape index (κ2) is 3.21. The molecule has 0 radical (unpaired) electrons. The fraction of sp³-hybridized carbons (Fsp3) is 0.286. The summed E-state index contributed by atoms with van der Waals surface area (Å²) in [6.07, 6.45) is 2.91. The van der Waals surface area contributed by atoms with Crippen LogP contribution in [0.4, 0.5) is 0 Å². The van der Waals surface area contributed by atoms with Crippen LogP contribution >= 0.6 is 23.1 Å². The largest absolute Gasteiger partial charge is 0.298 e. The first-order valence-corrected chi connectivity index (χ1v) is 4.97. The Bertz CT molecular complexity index is 240. The van der Waals surface area contributed by atoms with Crippen LogP contribution in [-0.4, -0.2) is 12.5 Å². The maximum Gasteiger partial charge on any atom is 0.152 e. The summed E-state index contributed by atoms with van der Waals surface area (Å²) in [6.45, 7) is 1.96. The van der Waals surface area contributed by atoms with Crippen LogP contribution < -0.4 is 0 Å². The Labute approximate surface area is 68.5 Å². The topological polar surface area (TPSA) is 17.1 Å². The highest BCUT2D eigenvalue weighted by molar-refractivity contribution is 8.00. The first-order valence-electron chi connectivity index (χ1n) is 2.87. The minimum absolute atomic E-state index is 0.859. The van der Waals surface area contributed by atoms with Gasteiger partial charge in [0.05, 0.1) is 4.21 Å². The van der Waals surface area contributed by atoms with Gasteiger partial charge in [0.2, 0.25) is 0 Å². The van der Waals surface area contributed by atoms with Gasteiger partial charge in [-0.15, -0.1) is 23.1 Å². The van der Waals surface area contributed by atoms with Gasteiger partial charge < -0.3 is 0 Å². The number of aryl methyl sites for hydroxylation is 1. The minimum Gasteiger partial charge on any atom is -0.298 e. The Morgan fingerprint density at radius 3 is 2.80 bits per heavy atom. The van der Waals surface area contributed by atoms with E-state index in [0.717, 1.165) is 21.6 Å². The van der Waals surface area contributed by atoms with E-state index >= 15 is 0 Å². The molecule has 1 nitrogen and oxygen atoms in total. The third kappa shape index (κ3) is 1.25. The molecule has 0 N–H and O–H groups in total. The Kier molecular flexibility index (Phi) is 2.51. The highest BCUT2D eigenvalue weighted by Crippen LogP contribution is 2.28. The zero-order valence-electron chi connectivity index (χ0n) is 5.88. The lowest BCUT2D eigenvalue weighted by molar-refractivity contribution is 0.112. The monoisotopic (exact) mass is 172 g/mol. The molecule has 0 bridgehead atoms. The van der Waals surface area contributed by atoms with Gasteiger partial charge >= 0.3 is 0 Å². The molecule has 1 aromatic heterocycles. The molecule has 0 amide bonds. The molecule has 10 heavy (non-hydrogen) atoms. The van der Waals surface area contributed by atoms with E-state index < -0.39 is 0 Å². The van der Waals surface area contributed by atoms with Gasteiger partial charge in [0.15, 0.2) is 6.29 Å². The molecule has 0 fully saturated rings. The third-order valence-corrected chi connectivity index (χ3v) is 3.58. The molecule has 0 saturated heterocycles. The van der Waals surface area contributed by atoms with Crippen molar-refractivity contribution >= 4 is 29.4 Å². The van der Waals surface area contributed by atoms with Crippen LogP contribution in [0.15, 0.2) is 9.59 Å². The summed E-state index contributed by atoms with van der Waals surface area (Å²) in [5.74, 6) is 0. The first-order chi connectivity index (χ1) is 4.79. The van der Waals surface area contributed by atoms with Crippen molar-refractivity contribution in [1.82, 2.24) is 0 Å². The molecule has 0 saturated carbocycles. The van der Waals surface area contributed by atoms with Gasteiger partial charge in [-0.25, -0.2) is 0 Å². The van der Waals surface area contributed by atoms with Crippen LogP contribution in [0.3, 0.4) is 0 Å². The fourth-order valence-corrected chi connectivity index (χ4v) is 2.43. The molecule has 1 heterocycles. The zero-order chi connectivity index (χ0) is 7.56. The van der Waals surface area contributed by atoms with Gasteiger partial charge in [-0.05, 0) is 24.1 Å². The molecule has 0 spiro atoms. The smallest absolute Gasteiger partial charge is 0.152 e. The molecule has 0 atom stereocenters. The Balaban J connectivity index is 3.12. The van der Waals surface area contributed by atoms with E-state index in [4.69, 9.17) is 0 Å². The van der Waals surface area contributed by atoms with Crippen LogP contribution in [0.2, 0.25) is 0 Å². The summed E-state index contributed by atoms with van der Waals surface area (Å²) in [4.78, 5) is 10.5. The maximum atomic E-state index is 10.5. The molecule has 0 aromatic carbocycles. The lowest BCUT2D eigenvalue weighted by atomic mass is 10.2. The summed E-state index contributed by atoms with van der Waals surface area (Å²) in [6, 6.07) is 0. The Morgan fingerprint density at radius 1 is 1.70 bits per heavy atom. The summed E-state index contributed by atoms with van der Waals surface area (Å²) in [7, 11) is 0. The van der Waals surface area contributed by atoms with Crippen LogP contribution in [-0.2, 0) is 0 Å². The number of thiophene rings is 1.